The third kappa shape index (κ3) is 6.00. The molecule has 0 fully saturated rings. The number of aromatic nitrogens is 1. The van der Waals surface area contributed by atoms with Crippen molar-refractivity contribution in [2.45, 2.75) is 17.2 Å². The van der Waals surface area contributed by atoms with Gasteiger partial charge in [-0.15, -0.1) is 11.3 Å². The number of carbonyl (C=O) groups excluding carboxylic acids is 2. The predicted octanol–water partition coefficient (Wildman–Crippen LogP) is 4.26. The summed E-state index contributed by atoms with van der Waals surface area (Å²) in [6.07, 6.45) is 0.766. The third-order valence-electron chi connectivity index (χ3n) is 3.76. The molecule has 0 spiro atoms. The van der Waals surface area contributed by atoms with Gasteiger partial charge in [0, 0.05) is 18.2 Å². The number of esters is 1. The summed E-state index contributed by atoms with van der Waals surface area (Å²) < 4.78 is 7.01. The summed E-state index contributed by atoms with van der Waals surface area (Å²) in [4.78, 5) is 38.5. The quantitative estimate of drug-likeness (QED) is 0.177. The van der Waals surface area contributed by atoms with Crippen LogP contribution in [-0.2, 0) is 14.3 Å². The molecule has 10 heteroatoms. The fourth-order valence-corrected chi connectivity index (χ4v) is 4.51. The Bertz CT molecular complexity index is 1000. The summed E-state index contributed by atoms with van der Waals surface area (Å²) in [5.74, 6) is -0.416. The van der Waals surface area contributed by atoms with Crippen LogP contribution in [0.2, 0.25) is 0 Å². The number of nitrogens with one attached hydrogen (secondary N) is 1. The van der Waals surface area contributed by atoms with E-state index in [0.717, 1.165) is 14.6 Å². The van der Waals surface area contributed by atoms with Gasteiger partial charge in [0.1, 0.15) is 5.69 Å². The molecule has 0 aliphatic heterocycles. The number of rotatable bonds is 9. The number of nitro groups is 1. The van der Waals surface area contributed by atoms with Crippen LogP contribution in [0, 0.1) is 10.1 Å². The highest BCUT2D eigenvalue weighted by Gasteiger charge is 2.15. The Kier molecular flexibility index (Phi) is 7.14. The Labute approximate surface area is 174 Å². The average molecular weight is 431 g/mol. The number of thioether (sulfide) groups is 1. The molecule has 1 amide bonds. The zero-order chi connectivity index (χ0) is 20.6. The molecule has 8 nitrogen and oxygen atoms in total. The van der Waals surface area contributed by atoms with Crippen LogP contribution < -0.4 is 5.32 Å². The van der Waals surface area contributed by atoms with Gasteiger partial charge >= 0.3 is 5.97 Å². The normalized spacial score (nSPS) is 10.6. The molecule has 0 radical (unpaired) electrons. The summed E-state index contributed by atoms with van der Waals surface area (Å²) in [6, 6.07) is 13.7. The van der Waals surface area contributed by atoms with E-state index >= 15 is 0 Å². The van der Waals surface area contributed by atoms with Crippen molar-refractivity contribution in [3.05, 3.63) is 58.6 Å². The van der Waals surface area contributed by atoms with Crippen LogP contribution in [0.1, 0.15) is 12.8 Å². The third-order valence-corrected chi connectivity index (χ3v) is 6.03. The molecular weight excluding hydrogens is 414 g/mol. The number of amides is 1. The zero-order valence-corrected chi connectivity index (χ0v) is 16.8. The molecule has 1 N–H and O–H groups in total. The summed E-state index contributed by atoms with van der Waals surface area (Å²) in [5, 5.41) is 13.3. The van der Waals surface area contributed by atoms with Crippen LogP contribution >= 0.6 is 23.1 Å². The summed E-state index contributed by atoms with van der Waals surface area (Å²) in [7, 11) is 0. The number of para-hydroxylation sites is 3. The highest BCUT2D eigenvalue weighted by atomic mass is 32.2. The predicted molar refractivity (Wildman–Crippen MR) is 112 cm³/mol. The molecule has 0 saturated heterocycles. The molecule has 29 heavy (non-hydrogen) atoms. The maximum Gasteiger partial charge on any atom is 0.306 e. The minimum absolute atomic E-state index is 0.0609. The van der Waals surface area contributed by atoms with Gasteiger partial charge in [0.05, 0.1) is 15.1 Å². The maximum atomic E-state index is 11.9. The zero-order valence-electron chi connectivity index (χ0n) is 15.2. The minimum Gasteiger partial charge on any atom is -0.456 e. The van der Waals surface area contributed by atoms with Crippen molar-refractivity contribution in [2.75, 3.05) is 17.7 Å². The molecule has 0 aliphatic rings. The fraction of sp³-hybridized carbons (Fsp3) is 0.211. The Morgan fingerprint density at radius 2 is 1.93 bits per heavy atom. The first-order valence-corrected chi connectivity index (χ1v) is 10.5. The molecule has 1 aromatic heterocycles. The number of nitrogens with zero attached hydrogens (tertiary/aromatic N) is 2. The molecular formula is C19H17N3O5S2. The highest BCUT2D eigenvalue weighted by molar-refractivity contribution is 8.01. The first kappa shape index (κ1) is 20.7. The van der Waals surface area contributed by atoms with Crippen molar-refractivity contribution in [2.24, 2.45) is 0 Å². The van der Waals surface area contributed by atoms with E-state index in [2.05, 4.69) is 10.3 Å². The first-order chi connectivity index (χ1) is 14.0. The van der Waals surface area contributed by atoms with E-state index in [1.165, 1.54) is 18.2 Å². The SMILES string of the molecule is O=C(COC(=O)CCCSc1nc2ccccc2s1)Nc1ccccc1[N+](=O)[O-]. The van der Waals surface area contributed by atoms with E-state index in [1.807, 2.05) is 24.3 Å². The van der Waals surface area contributed by atoms with Crippen molar-refractivity contribution in [3.63, 3.8) is 0 Å². The lowest BCUT2D eigenvalue weighted by Crippen LogP contribution is -2.21. The molecule has 3 aromatic rings. The largest absolute Gasteiger partial charge is 0.456 e. The first-order valence-electron chi connectivity index (χ1n) is 8.70. The molecule has 150 valence electrons. The number of fused-ring (bicyclic) bond motifs is 1. The number of nitro benzene ring substituents is 1. The summed E-state index contributed by atoms with van der Waals surface area (Å²) >= 11 is 3.18. The van der Waals surface area contributed by atoms with Gasteiger partial charge in [-0.2, -0.15) is 0 Å². The van der Waals surface area contributed by atoms with Gasteiger partial charge in [0.25, 0.3) is 11.6 Å². The Hall–Kier alpha value is -2.98. The van der Waals surface area contributed by atoms with Crippen LogP contribution in [0.4, 0.5) is 11.4 Å². The molecule has 0 saturated carbocycles. The average Bonchev–Trinajstić information content (AvgIpc) is 3.13. The van der Waals surface area contributed by atoms with Crippen molar-refractivity contribution >= 4 is 56.6 Å². The van der Waals surface area contributed by atoms with E-state index in [9.17, 15) is 19.7 Å². The van der Waals surface area contributed by atoms with Gasteiger partial charge < -0.3 is 10.1 Å². The lowest BCUT2D eigenvalue weighted by Gasteiger charge is -2.07. The van der Waals surface area contributed by atoms with E-state index in [0.29, 0.717) is 12.2 Å². The van der Waals surface area contributed by atoms with Crippen molar-refractivity contribution in [3.8, 4) is 0 Å². The Morgan fingerprint density at radius 3 is 2.72 bits per heavy atom. The van der Waals surface area contributed by atoms with E-state index in [4.69, 9.17) is 4.74 Å². The molecule has 2 aromatic carbocycles. The number of anilines is 1. The summed E-state index contributed by atoms with van der Waals surface area (Å²) in [5.41, 5.74) is 0.800. The van der Waals surface area contributed by atoms with Gasteiger partial charge in [-0.3, -0.25) is 19.7 Å². The number of ether oxygens (including phenoxy) is 1. The monoisotopic (exact) mass is 431 g/mol. The van der Waals surface area contributed by atoms with E-state index < -0.39 is 23.4 Å². The van der Waals surface area contributed by atoms with E-state index in [1.54, 1.807) is 29.2 Å². The molecule has 0 aliphatic carbocycles. The lowest BCUT2D eigenvalue weighted by molar-refractivity contribution is -0.383. The Morgan fingerprint density at radius 1 is 1.17 bits per heavy atom. The van der Waals surface area contributed by atoms with Crippen molar-refractivity contribution < 1.29 is 19.2 Å². The van der Waals surface area contributed by atoms with Crippen LogP contribution in [0.15, 0.2) is 52.9 Å². The standard InChI is InChI=1S/C19H17N3O5S2/c23-17(20-13-6-1-3-8-15(13)22(25)26)12-27-18(24)10-5-11-28-19-21-14-7-2-4-9-16(14)29-19/h1-4,6-9H,5,10-12H2,(H,20,23). The smallest absolute Gasteiger partial charge is 0.306 e. The topological polar surface area (TPSA) is 111 Å². The number of hydrogen-bond acceptors (Lipinski definition) is 8. The Balaban J connectivity index is 1.36. The van der Waals surface area contributed by atoms with Crippen molar-refractivity contribution in [1.29, 1.82) is 0 Å². The molecule has 1 heterocycles. The number of hydrogen-bond donors (Lipinski definition) is 1. The number of carbonyl (C=O) groups is 2. The van der Waals surface area contributed by atoms with E-state index in [-0.39, 0.29) is 17.8 Å². The second-order valence-electron chi connectivity index (χ2n) is 5.88. The van der Waals surface area contributed by atoms with Crippen LogP contribution in [0.3, 0.4) is 0 Å². The highest BCUT2D eigenvalue weighted by Crippen LogP contribution is 2.29. The number of thiazole rings is 1. The van der Waals surface area contributed by atoms with Crippen molar-refractivity contribution in [1.82, 2.24) is 4.98 Å². The minimum atomic E-state index is -0.628. The van der Waals surface area contributed by atoms with Crippen LogP contribution in [-0.4, -0.2) is 34.1 Å². The van der Waals surface area contributed by atoms with Gasteiger partial charge in [-0.05, 0) is 24.6 Å². The second kappa shape index (κ2) is 9.99. The lowest BCUT2D eigenvalue weighted by atomic mass is 10.2. The van der Waals surface area contributed by atoms with Gasteiger partial charge in [0.2, 0.25) is 0 Å². The molecule has 0 bridgehead atoms. The van der Waals surface area contributed by atoms with Gasteiger partial charge in [-0.1, -0.05) is 36.0 Å². The maximum absolute atomic E-state index is 11.9. The van der Waals surface area contributed by atoms with Crippen LogP contribution in [0.5, 0.6) is 0 Å². The fourth-order valence-electron chi connectivity index (χ4n) is 2.43. The summed E-state index contributed by atoms with van der Waals surface area (Å²) in [6.45, 7) is -0.490. The van der Waals surface area contributed by atoms with Crippen LogP contribution in [0.25, 0.3) is 10.2 Å². The van der Waals surface area contributed by atoms with Gasteiger partial charge in [0.15, 0.2) is 10.9 Å². The molecule has 0 atom stereocenters. The molecule has 3 rings (SSSR count). The van der Waals surface area contributed by atoms with Gasteiger partial charge in [-0.25, -0.2) is 4.98 Å². The molecule has 0 unspecified atom stereocenters. The second-order valence-corrected chi connectivity index (χ2v) is 8.26. The number of benzene rings is 2.